The molecular weight excluding hydrogens is 648 g/mol. The monoisotopic (exact) mass is 710 g/mol. The highest BCUT2D eigenvalue weighted by molar-refractivity contribution is 7.89. The molecule has 0 spiro atoms. The van der Waals surface area contributed by atoms with Crippen LogP contribution in [-0.4, -0.2) is 104 Å². The minimum Gasteiger partial charge on any atom is -0.349 e. The lowest BCUT2D eigenvalue weighted by atomic mass is 9.83. The molecule has 4 N–H and O–H groups in total. The molecule has 0 aromatic rings. The second-order valence-electron chi connectivity index (χ2n) is 14.9. The van der Waals surface area contributed by atoms with E-state index in [1.165, 1.54) is 18.4 Å². The van der Waals surface area contributed by atoms with Crippen LogP contribution in [0, 0.1) is 11.8 Å². The van der Waals surface area contributed by atoms with Gasteiger partial charge in [0, 0.05) is 27.2 Å². The Morgan fingerprint density at radius 2 is 1.51 bits per heavy atom. The number of urea groups is 1. The Hall–Kier alpha value is -2.74. The molecule has 2 saturated heterocycles. The van der Waals surface area contributed by atoms with E-state index in [1.807, 2.05) is 20.8 Å². The van der Waals surface area contributed by atoms with Crippen LogP contribution in [0.1, 0.15) is 124 Å². The van der Waals surface area contributed by atoms with E-state index in [4.69, 9.17) is 0 Å². The van der Waals surface area contributed by atoms with Crippen LogP contribution in [0.3, 0.4) is 0 Å². The van der Waals surface area contributed by atoms with Gasteiger partial charge in [0.05, 0.1) is 17.3 Å². The molecule has 3 aliphatic rings. The summed E-state index contributed by atoms with van der Waals surface area (Å²) >= 11 is 0. The first-order valence-corrected chi connectivity index (χ1v) is 20.2. The number of hydrogen-bond donors (Lipinski definition) is 4. The van der Waals surface area contributed by atoms with Crippen LogP contribution in [0.15, 0.2) is 0 Å². The van der Waals surface area contributed by atoms with Gasteiger partial charge in [-0.3, -0.25) is 19.2 Å². The van der Waals surface area contributed by atoms with Gasteiger partial charge in [-0.1, -0.05) is 85.0 Å². The fourth-order valence-corrected chi connectivity index (χ4v) is 8.91. The van der Waals surface area contributed by atoms with Gasteiger partial charge in [-0.25, -0.2) is 17.5 Å². The van der Waals surface area contributed by atoms with E-state index < -0.39 is 57.3 Å². The molecule has 14 heteroatoms. The van der Waals surface area contributed by atoms with Crippen LogP contribution in [0.2, 0.25) is 0 Å². The Morgan fingerprint density at radius 1 is 0.918 bits per heavy atom. The average Bonchev–Trinajstić information content (AvgIpc) is 3.50. The van der Waals surface area contributed by atoms with Gasteiger partial charge in [0.1, 0.15) is 12.1 Å². The van der Waals surface area contributed by atoms with Crippen LogP contribution in [-0.2, 0) is 29.2 Å². The lowest BCUT2D eigenvalue weighted by Gasteiger charge is -2.39. The third kappa shape index (κ3) is 11.7. The van der Waals surface area contributed by atoms with Crippen molar-refractivity contribution in [2.45, 2.75) is 147 Å². The topological polar surface area (TPSA) is 174 Å². The van der Waals surface area contributed by atoms with Crippen molar-refractivity contribution in [2.75, 3.05) is 32.9 Å². The second-order valence-corrected chi connectivity index (χ2v) is 17.1. The number of hydrogen-bond acceptors (Lipinski definition) is 7. The number of ketones is 1. The maximum Gasteiger partial charge on any atom is 0.315 e. The fourth-order valence-electron chi connectivity index (χ4n) is 7.59. The quantitative estimate of drug-likeness (QED) is 0.252. The number of nitrogens with zero attached hydrogens (tertiary/aromatic N) is 2. The lowest BCUT2D eigenvalue weighted by molar-refractivity contribution is -0.143. The molecule has 2 heterocycles. The molecule has 1 aliphatic carbocycles. The highest BCUT2D eigenvalue weighted by Gasteiger charge is 2.46. The summed E-state index contributed by atoms with van der Waals surface area (Å²) in [6.45, 7) is 6.58. The van der Waals surface area contributed by atoms with Crippen LogP contribution in [0.5, 0.6) is 0 Å². The van der Waals surface area contributed by atoms with Crippen molar-refractivity contribution in [2.24, 2.45) is 11.8 Å². The highest BCUT2D eigenvalue weighted by atomic mass is 32.2. The molecule has 5 amide bonds. The third-order valence-corrected chi connectivity index (χ3v) is 12.6. The summed E-state index contributed by atoms with van der Waals surface area (Å²) in [5.41, 5.74) is -0.948. The second kappa shape index (κ2) is 19.0. The third-order valence-electron chi connectivity index (χ3n) is 10.5. The van der Waals surface area contributed by atoms with Crippen molar-refractivity contribution in [3.63, 3.8) is 0 Å². The molecule has 0 aromatic carbocycles. The van der Waals surface area contributed by atoms with Crippen molar-refractivity contribution in [1.29, 1.82) is 0 Å². The predicted molar refractivity (Wildman–Crippen MR) is 189 cm³/mol. The van der Waals surface area contributed by atoms with Gasteiger partial charge >= 0.3 is 6.03 Å². The normalized spacial score (nSPS) is 26.1. The van der Waals surface area contributed by atoms with E-state index in [1.54, 1.807) is 4.90 Å². The van der Waals surface area contributed by atoms with Gasteiger partial charge in [-0.05, 0) is 50.4 Å². The first-order valence-electron chi connectivity index (χ1n) is 18.6. The Labute approximate surface area is 293 Å². The first kappa shape index (κ1) is 40.7. The minimum atomic E-state index is -3.62. The van der Waals surface area contributed by atoms with Gasteiger partial charge < -0.3 is 26.2 Å². The standard InChI is InChI=1S/C35H62N6O7S/c1-6-22-36-32(44)30(42)27-17-13-10-8-7-9-11-14-18-28(33(45)41-23-19-26(25(2)3)29(41)31(43)37-27)38-34(46)39-35(20-15-12-16-21-35)24-49(47,48)40(4)5/h25-29H,6-24H2,1-5H3,(H,36,44)(H,37,43)(H2,38,39,46)/t26-,27-,28+,29+/m1/s1. The first-order chi connectivity index (χ1) is 23.2. The molecule has 0 radical (unpaired) electrons. The number of Topliss-reactive ketones (excluding diaryl/α,β-unsaturated/α-hetero) is 1. The number of carbonyl (C=O) groups is 5. The summed E-state index contributed by atoms with van der Waals surface area (Å²) in [7, 11) is -0.652. The molecule has 3 rings (SSSR count). The van der Waals surface area contributed by atoms with Crippen molar-refractivity contribution >= 4 is 39.6 Å². The SMILES string of the molecule is CCCNC(=O)C(=O)[C@H]1CCCCCCCCC[C@H](NC(=O)NC2(CS(=O)(=O)N(C)C)CCCCC2)C(=O)N2CC[C@H](C(C)C)[C@H]2C(=O)N1. The van der Waals surface area contributed by atoms with E-state index in [9.17, 15) is 32.4 Å². The zero-order chi connectivity index (χ0) is 36.2. The van der Waals surface area contributed by atoms with E-state index in [0.29, 0.717) is 64.5 Å². The molecule has 0 bridgehead atoms. The summed E-state index contributed by atoms with van der Waals surface area (Å²) in [5, 5.41) is 11.4. The van der Waals surface area contributed by atoms with Gasteiger partial charge in [-0.2, -0.15) is 0 Å². The summed E-state index contributed by atoms with van der Waals surface area (Å²) in [5.74, 6) is -2.57. The number of sulfonamides is 1. The van der Waals surface area contributed by atoms with E-state index >= 15 is 0 Å². The summed E-state index contributed by atoms with van der Waals surface area (Å²) < 4.78 is 27.1. The Morgan fingerprint density at radius 3 is 2.10 bits per heavy atom. The van der Waals surface area contributed by atoms with Gasteiger partial charge in [-0.15, -0.1) is 0 Å². The number of nitrogens with one attached hydrogen (secondary N) is 4. The maximum absolute atomic E-state index is 14.4. The zero-order valence-electron chi connectivity index (χ0n) is 30.5. The Bertz CT molecular complexity index is 1250. The molecule has 0 aromatic heterocycles. The Kier molecular flexibility index (Phi) is 15.8. The number of fused-ring (bicyclic) bond motifs is 1. The molecule has 1 saturated carbocycles. The van der Waals surface area contributed by atoms with Crippen LogP contribution in [0.4, 0.5) is 4.79 Å². The predicted octanol–water partition coefficient (Wildman–Crippen LogP) is 3.23. The Balaban J connectivity index is 1.88. The van der Waals surface area contributed by atoms with Gasteiger partial charge in [0.25, 0.3) is 5.91 Å². The van der Waals surface area contributed by atoms with Gasteiger partial charge in [0.2, 0.25) is 27.6 Å². The largest absolute Gasteiger partial charge is 0.349 e. The van der Waals surface area contributed by atoms with Crippen molar-refractivity contribution < 1.29 is 32.4 Å². The van der Waals surface area contributed by atoms with Crippen molar-refractivity contribution in [3.8, 4) is 0 Å². The van der Waals surface area contributed by atoms with Crippen LogP contribution in [0.25, 0.3) is 0 Å². The highest BCUT2D eigenvalue weighted by Crippen LogP contribution is 2.33. The number of rotatable bonds is 10. The summed E-state index contributed by atoms with van der Waals surface area (Å²) in [4.78, 5) is 69.6. The molecule has 3 fully saturated rings. The van der Waals surface area contributed by atoms with Gasteiger partial charge in [0.15, 0.2) is 0 Å². The van der Waals surface area contributed by atoms with E-state index in [0.717, 1.165) is 51.4 Å². The minimum absolute atomic E-state index is 0.0562. The molecule has 2 aliphatic heterocycles. The van der Waals surface area contributed by atoms with Crippen molar-refractivity contribution in [1.82, 2.24) is 30.5 Å². The van der Waals surface area contributed by atoms with Crippen LogP contribution >= 0.6 is 0 Å². The average molecular weight is 711 g/mol. The molecule has 280 valence electrons. The zero-order valence-corrected chi connectivity index (χ0v) is 31.3. The summed E-state index contributed by atoms with van der Waals surface area (Å²) in [6.07, 6.45) is 11.6. The molecule has 4 atom stereocenters. The molecule has 0 unspecified atom stereocenters. The molecule has 13 nitrogen and oxygen atoms in total. The maximum atomic E-state index is 14.4. The fraction of sp³-hybridized carbons (Fsp3) is 0.857. The van der Waals surface area contributed by atoms with Crippen molar-refractivity contribution in [3.05, 3.63) is 0 Å². The summed E-state index contributed by atoms with van der Waals surface area (Å²) in [6, 6.07) is -3.37. The van der Waals surface area contributed by atoms with E-state index in [2.05, 4.69) is 21.3 Å². The smallest absolute Gasteiger partial charge is 0.315 e. The van der Waals surface area contributed by atoms with E-state index in [-0.39, 0.29) is 23.5 Å². The number of carbonyl (C=O) groups excluding carboxylic acids is 5. The molecule has 49 heavy (non-hydrogen) atoms. The van der Waals surface area contributed by atoms with Crippen LogP contribution < -0.4 is 21.3 Å². The molecular formula is C35H62N6O7S. The lowest BCUT2D eigenvalue weighted by Crippen LogP contribution is -2.61. The number of amides is 5.